The molecule has 1 N–H and O–H groups in total. The van der Waals surface area contributed by atoms with Crippen LogP contribution in [-0.2, 0) is 13.1 Å². The normalized spacial score (nSPS) is 10.8. The van der Waals surface area contributed by atoms with Gasteiger partial charge < -0.3 is 14.6 Å². The van der Waals surface area contributed by atoms with Crippen molar-refractivity contribution in [1.29, 1.82) is 0 Å². The monoisotopic (exact) mass is 290 g/mol. The van der Waals surface area contributed by atoms with E-state index in [1.165, 1.54) is 0 Å². The van der Waals surface area contributed by atoms with Gasteiger partial charge in [0.1, 0.15) is 11.6 Å². The van der Waals surface area contributed by atoms with Crippen molar-refractivity contribution in [1.82, 2.24) is 5.32 Å². The minimum Gasteiger partial charge on any atom is -0.468 e. The van der Waals surface area contributed by atoms with Gasteiger partial charge in [-0.05, 0) is 36.2 Å². The average molecular weight is 290 g/mol. The zero-order chi connectivity index (χ0) is 15.1. The lowest BCUT2D eigenvalue weighted by Crippen LogP contribution is -2.20. The van der Waals surface area contributed by atoms with Crippen LogP contribution in [-0.4, -0.2) is 13.6 Å². The molecule has 2 rings (SSSR count). The van der Waals surface area contributed by atoms with Gasteiger partial charge in [-0.1, -0.05) is 19.4 Å². The highest BCUT2D eigenvalue weighted by Crippen LogP contribution is 2.20. The number of halogens is 1. The summed E-state index contributed by atoms with van der Waals surface area (Å²) < 4.78 is 19.2. The Balaban J connectivity index is 1.94. The Hall–Kier alpha value is -1.81. The Morgan fingerprint density at radius 1 is 1.24 bits per heavy atom. The lowest BCUT2D eigenvalue weighted by Gasteiger charge is -2.20. The third-order valence-corrected chi connectivity index (χ3v) is 3.48. The van der Waals surface area contributed by atoms with Crippen LogP contribution in [0.4, 0.5) is 10.1 Å². The molecule has 0 saturated carbocycles. The Bertz CT molecular complexity index is 540. The van der Waals surface area contributed by atoms with Crippen LogP contribution in [0.25, 0.3) is 0 Å². The van der Waals surface area contributed by atoms with E-state index in [1.807, 2.05) is 36.2 Å². The molecule has 0 aliphatic heterocycles. The summed E-state index contributed by atoms with van der Waals surface area (Å²) in [5.41, 5.74) is 1.74. The van der Waals surface area contributed by atoms with Crippen LogP contribution in [0.5, 0.6) is 0 Å². The molecular formula is C17H23FN2O. The molecule has 0 unspecified atom stereocenters. The van der Waals surface area contributed by atoms with Crippen LogP contribution in [0.1, 0.15) is 31.1 Å². The molecule has 1 aromatic carbocycles. The van der Waals surface area contributed by atoms with E-state index in [1.54, 1.807) is 12.3 Å². The first-order chi connectivity index (χ1) is 10.2. The SMILES string of the molecule is CCCCN(C)c1cc(CNCc2ccco2)ccc1F. The number of hydrogen-bond acceptors (Lipinski definition) is 3. The number of nitrogens with zero attached hydrogens (tertiary/aromatic N) is 1. The highest BCUT2D eigenvalue weighted by molar-refractivity contribution is 5.49. The van der Waals surface area contributed by atoms with Gasteiger partial charge in [-0.3, -0.25) is 0 Å². The predicted molar refractivity (Wildman–Crippen MR) is 83.8 cm³/mol. The summed E-state index contributed by atoms with van der Waals surface area (Å²) >= 11 is 0. The number of furan rings is 1. The van der Waals surface area contributed by atoms with E-state index >= 15 is 0 Å². The van der Waals surface area contributed by atoms with Crippen molar-refractivity contribution in [2.75, 3.05) is 18.5 Å². The lowest BCUT2D eigenvalue weighted by atomic mass is 10.1. The van der Waals surface area contributed by atoms with Gasteiger partial charge >= 0.3 is 0 Å². The molecule has 0 amide bonds. The van der Waals surface area contributed by atoms with Crippen LogP contribution in [0.3, 0.4) is 0 Å². The first kappa shape index (κ1) is 15.6. The van der Waals surface area contributed by atoms with Crippen molar-refractivity contribution in [2.24, 2.45) is 0 Å². The lowest BCUT2D eigenvalue weighted by molar-refractivity contribution is 0.483. The Kier molecular flexibility index (Phi) is 5.81. The van der Waals surface area contributed by atoms with Crippen molar-refractivity contribution < 1.29 is 8.81 Å². The van der Waals surface area contributed by atoms with Crippen LogP contribution < -0.4 is 10.2 Å². The van der Waals surface area contributed by atoms with Gasteiger partial charge in [-0.15, -0.1) is 0 Å². The molecule has 0 aliphatic rings. The zero-order valence-corrected chi connectivity index (χ0v) is 12.7. The van der Waals surface area contributed by atoms with Crippen molar-refractivity contribution in [2.45, 2.75) is 32.9 Å². The second kappa shape index (κ2) is 7.84. The Labute approximate surface area is 125 Å². The number of nitrogens with one attached hydrogen (secondary N) is 1. The first-order valence-electron chi connectivity index (χ1n) is 7.43. The fraction of sp³-hybridized carbons (Fsp3) is 0.412. The third-order valence-electron chi connectivity index (χ3n) is 3.48. The average Bonchev–Trinajstić information content (AvgIpc) is 2.99. The fourth-order valence-electron chi connectivity index (χ4n) is 2.22. The van der Waals surface area contributed by atoms with Gasteiger partial charge in [0.15, 0.2) is 0 Å². The van der Waals surface area contributed by atoms with E-state index in [-0.39, 0.29) is 5.82 Å². The van der Waals surface area contributed by atoms with Crippen LogP contribution in [0.15, 0.2) is 41.0 Å². The minimum absolute atomic E-state index is 0.164. The molecule has 2 aromatic rings. The summed E-state index contributed by atoms with van der Waals surface area (Å²) in [4.78, 5) is 1.98. The summed E-state index contributed by atoms with van der Waals surface area (Å²) in [5, 5.41) is 3.30. The molecule has 21 heavy (non-hydrogen) atoms. The third kappa shape index (κ3) is 4.60. The van der Waals surface area contributed by atoms with Crippen LogP contribution in [0.2, 0.25) is 0 Å². The van der Waals surface area contributed by atoms with Gasteiger partial charge in [0.25, 0.3) is 0 Å². The molecule has 1 heterocycles. The molecule has 0 atom stereocenters. The minimum atomic E-state index is -0.164. The van der Waals surface area contributed by atoms with E-state index in [4.69, 9.17) is 4.42 Å². The van der Waals surface area contributed by atoms with Crippen molar-refractivity contribution in [3.8, 4) is 0 Å². The van der Waals surface area contributed by atoms with E-state index < -0.39 is 0 Å². The summed E-state index contributed by atoms with van der Waals surface area (Å²) in [6, 6.07) is 9.08. The number of anilines is 1. The second-order valence-corrected chi connectivity index (χ2v) is 5.24. The second-order valence-electron chi connectivity index (χ2n) is 5.24. The molecule has 0 bridgehead atoms. The Morgan fingerprint density at radius 2 is 2.10 bits per heavy atom. The number of hydrogen-bond donors (Lipinski definition) is 1. The van der Waals surface area contributed by atoms with E-state index in [2.05, 4.69) is 12.2 Å². The first-order valence-corrected chi connectivity index (χ1v) is 7.43. The summed E-state index contributed by atoms with van der Waals surface area (Å²) in [7, 11) is 1.94. The van der Waals surface area contributed by atoms with Crippen molar-refractivity contribution in [3.05, 3.63) is 53.7 Å². The maximum Gasteiger partial charge on any atom is 0.146 e. The summed E-state index contributed by atoms with van der Waals surface area (Å²) in [6.07, 6.45) is 3.84. The van der Waals surface area contributed by atoms with Gasteiger partial charge in [0.05, 0.1) is 18.5 Å². The maximum atomic E-state index is 13.9. The van der Waals surface area contributed by atoms with E-state index in [0.29, 0.717) is 18.8 Å². The van der Waals surface area contributed by atoms with Gasteiger partial charge in [0.2, 0.25) is 0 Å². The van der Waals surface area contributed by atoms with Gasteiger partial charge in [-0.25, -0.2) is 4.39 Å². The smallest absolute Gasteiger partial charge is 0.146 e. The largest absolute Gasteiger partial charge is 0.468 e. The molecule has 0 fully saturated rings. The van der Waals surface area contributed by atoms with Crippen molar-refractivity contribution >= 4 is 5.69 Å². The topological polar surface area (TPSA) is 28.4 Å². The fourth-order valence-corrected chi connectivity index (χ4v) is 2.22. The molecule has 1 aromatic heterocycles. The molecule has 0 radical (unpaired) electrons. The maximum absolute atomic E-state index is 13.9. The van der Waals surface area contributed by atoms with Gasteiger partial charge in [-0.2, -0.15) is 0 Å². The number of benzene rings is 1. The summed E-state index contributed by atoms with van der Waals surface area (Å²) in [6.45, 7) is 4.37. The highest BCUT2D eigenvalue weighted by Gasteiger charge is 2.08. The summed E-state index contributed by atoms with van der Waals surface area (Å²) in [5.74, 6) is 0.737. The quantitative estimate of drug-likeness (QED) is 0.798. The highest BCUT2D eigenvalue weighted by atomic mass is 19.1. The molecule has 0 spiro atoms. The van der Waals surface area contributed by atoms with E-state index in [9.17, 15) is 4.39 Å². The van der Waals surface area contributed by atoms with Crippen LogP contribution >= 0.6 is 0 Å². The predicted octanol–water partition coefficient (Wildman–Crippen LogP) is 3.94. The van der Waals surface area contributed by atoms with Gasteiger partial charge in [0, 0.05) is 20.1 Å². The molecule has 4 heteroatoms. The number of rotatable bonds is 8. The molecule has 0 aliphatic carbocycles. The van der Waals surface area contributed by atoms with E-state index in [0.717, 1.165) is 30.7 Å². The zero-order valence-electron chi connectivity index (χ0n) is 12.7. The molecular weight excluding hydrogens is 267 g/mol. The standard InChI is InChI=1S/C17H23FN2O/c1-3-4-9-20(2)17-11-14(7-8-16(17)18)12-19-13-15-6-5-10-21-15/h5-8,10-11,19H,3-4,9,12-13H2,1-2H3. The van der Waals surface area contributed by atoms with Crippen LogP contribution in [0, 0.1) is 5.82 Å². The number of unbranched alkanes of at least 4 members (excludes halogenated alkanes) is 1. The molecule has 0 saturated heterocycles. The Morgan fingerprint density at radius 3 is 2.81 bits per heavy atom. The molecule has 114 valence electrons. The van der Waals surface area contributed by atoms with Crippen molar-refractivity contribution in [3.63, 3.8) is 0 Å². The molecule has 3 nitrogen and oxygen atoms in total.